The van der Waals surface area contributed by atoms with Gasteiger partial charge in [-0.3, -0.25) is 14.7 Å². The molecule has 1 atom stereocenters. The number of nitrogens with zero attached hydrogens (tertiary/aromatic N) is 3. The SMILES string of the molecule is CCC(Sc1nc(-c2ccccc2)cc(-c2ccc(OC)cc2)c1C#N)C(=O)Nc1cc(=O)n(-c2ccccc2)[nH]1. The number of para-hydroxylation sites is 1. The second-order valence-electron chi connectivity index (χ2n) is 9.12. The summed E-state index contributed by atoms with van der Waals surface area (Å²) in [5.41, 5.74) is 3.89. The topological polar surface area (TPSA) is 113 Å². The molecule has 0 aliphatic rings. The minimum Gasteiger partial charge on any atom is -0.497 e. The van der Waals surface area contributed by atoms with Gasteiger partial charge in [0.05, 0.1) is 29.3 Å². The number of pyridine rings is 1. The van der Waals surface area contributed by atoms with E-state index < -0.39 is 5.25 Å². The lowest BCUT2D eigenvalue weighted by molar-refractivity contribution is -0.115. The summed E-state index contributed by atoms with van der Waals surface area (Å²) in [6.45, 7) is 1.90. The van der Waals surface area contributed by atoms with E-state index in [1.165, 1.54) is 22.5 Å². The summed E-state index contributed by atoms with van der Waals surface area (Å²) < 4.78 is 6.67. The molecule has 0 saturated heterocycles. The highest BCUT2D eigenvalue weighted by atomic mass is 32.2. The minimum atomic E-state index is -0.576. The first-order chi connectivity index (χ1) is 20.0. The maximum atomic E-state index is 13.4. The normalized spacial score (nSPS) is 11.4. The molecule has 2 N–H and O–H groups in total. The van der Waals surface area contributed by atoms with Crippen LogP contribution in [0, 0.1) is 11.3 Å². The van der Waals surface area contributed by atoms with Crippen LogP contribution in [0.4, 0.5) is 5.82 Å². The summed E-state index contributed by atoms with van der Waals surface area (Å²) in [7, 11) is 1.60. The molecule has 1 amide bonds. The van der Waals surface area contributed by atoms with E-state index in [9.17, 15) is 14.9 Å². The number of thioether (sulfide) groups is 1. The van der Waals surface area contributed by atoms with Crippen LogP contribution in [0.1, 0.15) is 18.9 Å². The van der Waals surface area contributed by atoms with Gasteiger partial charge < -0.3 is 10.1 Å². The monoisotopic (exact) mass is 561 g/mol. The zero-order valence-electron chi connectivity index (χ0n) is 22.5. The minimum absolute atomic E-state index is 0.285. The maximum Gasteiger partial charge on any atom is 0.273 e. The number of anilines is 1. The van der Waals surface area contributed by atoms with Crippen molar-refractivity contribution in [1.29, 1.82) is 5.26 Å². The second kappa shape index (κ2) is 12.4. The lowest BCUT2D eigenvalue weighted by Crippen LogP contribution is -2.25. The van der Waals surface area contributed by atoms with E-state index in [1.54, 1.807) is 19.2 Å². The molecule has 9 heteroatoms. The highest BCUT2D eigenvalue weighted by Crippen LogP contribution is 2.37. The third-order valence-electron chi connectivity index (χ3n) is 6.48. The smallest absolute Gasteiger partial charge is 0.273 e. The molecule has 0 aliphatic carbocycles. The zero-order chi connectivity index (χ0) is 28.8. The molecule has 3 aromatic carbocycles. The number of nitriles is 1. The van der Waals surface area contributed by atoms with E-state index in [0.29, 0.717) is 39.7 Å². The van der Waals surface area contributed by atoms with Gasteiger partial charge in [-0.2, -0.15) is 5.26 Å². The summed E-state index contributed by atoms with van der Waals surface area (Å²) in [4.78, 5) is 30.8. The molecule has 5 aromatic rings. The van der Waals surface area contributed by atoms with Gasteiger partial charge in [-0.25, -0.2) is 9.67 Å². The number of methoxy groups -OCH3 is 1. The fourth-order valence-electron chi connectivity index (χ4n) is 4.37. The summed E-state index contributed by atoms with van der Waals surface area (Å²) >= 11 is 1.23. The van der Waals surface area contributed by atoms with Gasteiger partial charge in [0.25, 0.3) is 5.56 Å². The fraction of sp³-hybridized carbons (Fsp3) is 0.125. The third kappa shape index (κ3) is 6.08. The largest absolute Gasteiger partial charge is 0.497 e. The summed E-state index contributed by atoms with van der Waals surface area (Å²) in [6, 6.07) is 31.9. The number of amides is 1. The molecule has 0 bridgehead atoms. The number of H-pyrrole nitrogens is 1. The highest BCUT2D eigenvalue weighted by molar-refractivity contribution is 8.00. The number of hydrogen-bond acceptors (Lipinski definition) is 6. The number of carbonyl (C=O) groups is 1. The number of aromatic nitrogens is 3. The van der Waals surface area contributed by atoms with Crippen molar-refractivity contribution in [2.24, 2.45) is 0 Å². The van der Waals surface area contributed by atoms with Crippen LogP contribution in [0.5, 0.6) is 5.75 Å². The predicted molar refractivity (Wildman–Crippen MR) is 161 cm³/mol. The standard InChI is InChI=1S/C32H27N5O3S/c1-3-28(31(39)35-29-19-30(38)37(36-29)23-12-8-5-9-13-23)41-32-26(20-33)25(21-14-16-24(40-2)17-15-21)18-27(34-32)22-10-6-4-7-11-22/h4-19,28,36H,3H2,1-2H3,(H,35,39). The molecule has 41 heavy (non-hydrogen) atoms. The van der Waals surface area contributed by atoms with Crippen molar-refractivity contribution in [3.63, 3.8) is 0 Å². The molecular formula is C32H27N5O3S. The van der Waals surface area contributed by atoms with Crippen LogP contribution >= 0.6 is 11.8 Å². The quantitative estimate of drug-likeness (QED) is 0.205. The molecule has 5 rings (SSSR count). The Labute approximate surface area is 241 Å². The number of carbonyl (C=O) groups excluding carboxylic acids is 1. The van der Waals surface area contributed by atoms with Gasteiger partial charge in [0, 0.05) is 17.2 Å². The van der Waals surface area contributed by atoms with Gasteiger partial charge in [0.15, 0.2) is 0 Å². The van der Waals surface area contributed by atoms with Crippen molar-refractivity contribution < 1.29 is 9.53 Å². The van der Waals surface area contributed by atoms with E-state index in [2.05, 4.69) is 16.5 Å². The summed E-state index contributed by atoms with van der Waals surface area (Å²) in [6.07, 6.45) is 0.472. The van der Waals surface area contributed by atoms with Crippen molar-refractivity contribution in [2.45, 2.75) is 23.6 Å². The van der Waals surface area contributed by atoms with E-state index in [4.69, 9.17) is 9.72 Å². The lowest BCUT2D eigenvalue weighted by Gasteiger charge is -2.17. The number of nitrogens with one attached hydrogen (secondary N) is 2. The van der Waals surface area contributed by atoms with Gasteiger partial charge in [-0.15, -0.1) is 0 Å². The van der Waals surface area contributed by atoms with Gasteiger partial charge in [-0.1, -0.05) is 79.3 Å². The average Bonchev–Trinajstić information content (AvgIpc) is 3.39. The first-order valence-electron chi connectivity index (χ1n) is 13.0. The maximum absolute atomic E-state index is 13.4. The number of hydrogen-bond donors (Lipinski definition) is 2. The Kier molecular flexibility index (Phi) is 8.32. The zero-order valence-corrected chi connectivity index (χ0v) is 23.3. The number of benzene rings is 3. The molecule has 204 valence electrons. The van der Waals surface area contributed by atoms with Crippen molar-refractivity contribution in [3.8, 4) is 39.9 Å². The van der Waals surface area contributed by atoms with Crippen LogP contribution < -0.4 is 15.6 Å². The molecular weight excluding hydrogens is 534 g/mol. The molecule has 0 radical (unpaired) electrons. The molecule has 2 aromatic heterocycles. The summed E-state index contributed by atoms with van der Waals surface area (Å²) in [5.74, 6) is 0.690. The molecule has 0 fully saturated rings. The van der Waals surface area contributed by atoms with Crippen LogP contribution in [-0.4, -0.2) is 33.0 Å². The van der Waals surface area contributed by atoms with Crippen molar-refractivity contribution >= 4 is 23.5 Å². The van der Waals surface area contributed by atoms with Gasteiger partial charge in [-0.05, 0) is 42.3 Å². The Morgan fingerprint density at radius 3 is 2.34 bits per heavy atom. The van der Waals surface area contributed by atoms with Crippen molar-refractivity contribution in [1.82, 2.24) is 14.8 Å². The van der Waals surface area contributed by atoms with Crippen molar-refractivity contribution in [3.05, 3.63) is 113 Å². The van der Waals surface area contributed by atoms with Gasteiger partial charge in [0.2, 0.25) is 5.91 Å². The van der Waals surface area contributed by atoms with Crippen LogP contribution in [0.25, 0.3) is 28.1 Å². The molecule has 0 spiro atoms. The van der Waals surface area contributed by atoms with Gasteiger partial charge in [0.1, 0.15) is 22.7 Å². The molecule has 1 unspecified atom stereocenters. The second-order valence-corrected chi connectivity index (χ2v) is 10.3. The predicted octanol–water partition coefficient (Wildman–Crippen LogP) is 6.28. The Balaban J connectivity index is 1.49. The molecule has 0 aliphatic heterocycles. The first-order valence-corrected chi connectivity index (χ1v) is 13.9. The van der Waals surface area contributed by atoms with Crippen LogP contribution in [-0.2, 0) is 4.79 Å². The number of ether oxygens (including phenoxy) is 1. The third-order valence-corrected chi connectivity index (χ3v) is 7.83. The highest BCUT2D eigenvalue weighted by Gasteiger charge is 2.24. The fourth-order valence-corrected chi connectivity index (χ4v) is 5.40. The van der Waals surface area contributed by atoms with Gasteiger partial charge >= 0.3 is 0 Å². The Morgan fingerprint density at radius 1 is 1.02 bits per heavy atom. The van der Waals surface area contributed by atoms with Crippen LogP contribution in [0.3, 0.4) is 0 Å². The van der Waals surface area contributed by atoms with E-state index in [1.807, 2.05) is 85.8 Å². The van der Waals surface area contributed by atoms with Crippen molar-refractivity contribution in [2.75, 3.05) is 12.4 Å². The first kappa shape index (κ1) is 27.5. The molecule has 2 heterocycles. The molecule has 0 saturated carbocycles. The van der Waals surface area contributed by atoms with E-state index in [0.717, 1.165) is 11.1 Å². The molecule has 8 nitrogen and oxygen atoms in total. The summed E-state index contributed by atoms with van der Waals surface area (Å²) in [5, 5.41) is 15.9. The van der Waals surface area contributed by atoms with Crippen LogP contribution in [0.2, 0.25) is 0 Å². The Bertz CT molecular complexity index is 1760. The van der Waals surface area contributed by atoms with E-state index in [-0.39, 0.29) is 17.3 Å². The number of rotatable bonds is 9. The Hall–Kier alpha value is -5.07. The Morgan fingerprint density at radius 2 is 1.71 bits per heavy atom. The number of aromatic amines is 1. The average molecular weight is 562 g/mol. The van der Waals surface area contributed by atoms with E-state index >= 15 is 0 Å². The van der Waals surface area contributed by atoms with Crippen LogP contribution in [0.15, 0.2) is 107 Å². The lowest BCUT2D eigenvalue weighted by atomic mass is 9.99.